The molecule has 1 aliphatic heterocycles. The number of para-hydroxylation sites is 2. The maximum Gasteiger partial charge on any atom is 0.413 e. The van der Waals surface area contributed by atoms with Crippen LogP contribution in [0.2, 0.25) is 0 Å². The van der Waals surface area contributed by atoms with E-state index in [1.54, 1.807) is 19.2 Å². The highest BCUT2D eigenvalue weighted by atomic mass is 16.6. The Labute approximate surface area is 107 Å². The predicted octanol–water partition coefficient (Wildman–Crippen LogP) is 2.30. The second-order valence-electron chi connectivity index (χ2n) is 4.21. The predicted molar refractivity (Wildman–Crippen MR) is 68.8 cm³/mol. The van der Waals surface area contributed by atoms with Crippen molar-refractivity contribution in [2.45, 2.75) is 12.8 Å². The lowest BCUT2D eigenvalue weighted by molar-refractivity contribution is 0.0924. The Morgan fingerprint density at radius 1 is 1.33 bits per heavy atom. The molecule has 1 aliphatic rings. The Bertz CT molecular complexity index is 403. The van der Waals surface area contributed by atoms with Gasteiger partial charge in [-0.1, -0.05) is 12.1 Å². The van der Waals surface area contributed by atoms with Gasteiger partial charge in [0.15, 0.2) is 0 Å². The number of methoxy groups -OCH3 is 1. The fraction of sp³-hybridized carbons (Fsp3) is 0.462. The monoisotopic (exact) mass is 250 g/mol. The molecule has 0 unspecified atom stereocenters. The first-order valence-corrected chi connectivity index (χ1v) is 6.09. The van der Waals surface area contributed by atoms with Crippen LogP contribution in [0.4, 0.5) is 10.5 Å². The number of likely N-dealkylation sites (tertiary alicyclic amines) is 1. The average Bonchev–Trinajstić information content (AvgIpc) is 2.90. The number of nitrogens with zero attached hydrogens (tertiary/aromatic N) is 1. The summed E-state index contributed by atoms with van der Waals surface area (Å²) in [5, 5.41) is 2.67. The van der Waals surface area contributed by atoms with E-state index in [-0.39, 0.29) is 0 Å². The number of nitrogens with one attached hydrogen (secondary N) is 1. The Hall–Kier alpha value is -1.75. The summed E-state index contributed by atoms with van der Waals surface area (Å²) in [6.07, 6.45) is 1.90. The maximum absolute atomic E-state index is 11.6. The third-order valence-electron chi connectivity index (χ3n) is 2.92. The van der Waals surface area contributed by atoms with Crippen LogP contribution in [0.25, 0.3) is 0 Å². The van der Waals surface area contributed by atoms with Crippen molar-refractivity contribution in [1.29, 1.82) is 0 Å². The standard InChI is InChI=1S/C13H18N2O3/c1-17-12-7-3-2-6-11(12)14-13(16)18-10-15-8-4-5-9-15/h2-3,6-7H,4-5,8-10H2,1H3,(H,14,16). The molecule has 5 heteroatoms. The third kappa shape index (κ3) is 3.37. The first-order valence-electron chi connectivity index (χ1n) is 6.09. The van der Waals surface area contributed by atoms with Gasteiger partial charge in [0.2, 0.25) is 0 Å². The molecule has 0 radical (unpaired) electrons. The van der Waals surface area contributed by atoms with E-state index in [1.807, 2.05) is 12.1 Å². The van der Waals surface area contributed by atoms with Crippen LogP contribution >= 0.6 is 0 Å². The molecule has 98 valence electrons. The molecule has 1 fully saturated rings. The summed E-state index contributed by atoms with van der Waals surface area (Å²) in [6, 6.07) is 7.24. The number of carbonyl (C=O) groups excluding carboxylic acids is 1. The minimum Gasteiger partial charge on any atom is -0.495 e. The van der Waals surface area contributed by atoms with E-state index in [9.17, 15) is 4.79 Å². The van der Waals surface area contributed by atoms with Crippen molar-refractivity contribution in [3.63, 3.8) is 0 Å². The van der Waals surface area contributed by atoms with Crippen LogP contribution in [0.1, 0.15) is 12.8 Å². The Balaban J connectivity index is 1.82. The highest BCUT2D eigenvalue weighted by Gasteiger charge is 2.14. The molecule has 0 atom stereocenters. The molecule has 5 nitrogen and oxygen atoms in total. The molecule has 1 aromatic carbocycles. The van der Waals surface area contributed by atoms with Crippen LogP contribution in [0.5, 0.6) is 5.75 Å². The fourth-order valence-corrected chi connectivity index (χ4v) is 1.96. The lowest BCUT2D eigenvalue weighted by Crippen LogP contribution is -2.26. The normalized spacial score (nSPS) is 15.4. The number of amides is 1. The van der Waals surface area contributed by atoms with Crippen LogP contribution < -0.4 is 10.1 Å². The van der Waals surface area contributed by atoms with Gasteiger partial charge in [0.25, 0.3) is 0 Å². The topological polar surface area (TPSA) is 50.8 Å². The zero-order valence-electron chi connectivity index (χ0n) is 10.5. The maximum atomic E-state index is 11.6. The number of anilines is 1. The molecule has 1 amide bonds. The number of carbonyl (C=O) groups is 1. The zero-order valence-corrected chi connectivity index (χ0v) is 10.5. The van der Waals surface area contributed by atoms with Crippen LogP contribution in [0, 0.1) is 0 Å². The van der Waals surface area contributed by atoms with Crippen LogP contribution in [0.3, 0.4) is 0 Å². The van der Waals surface area contributed by atoms with E-state index < -0.39 is 6.09 Å². The number of benzene rings is 1. The molecule has 1 aromatic rings. The number of hydrogen-bond donors (Lipinski definition) is 1. The van der Waals surface area contributed by atoms with E-state index in [4.69, 9.17) is 9.47 Å². The third-order valence-corrected chi connectivity index (χ3v) is 2.92. The van der Waals surface area contributed by atoms with E-state index >= 15 is 0 Å². The summed E-state index contributed by atoms with van der Waals surface area (Å²) in [5.74, 6) is 0.621. The van der Waals surface area contributed by atoms with Gasteiger partial charge in [-0.2, -0.15) is 0 Å². The van der Waals surface area contributed by atoms with Gasteiger partial charge in [-0.25, -0.2) is 4.79 Å². The number of rotatable bonds is 4. The highest BCUT2D eigenvalue weighted by Crippen LogP contribution is 2.23. The largest absolute Gasteiger partial charge is 0.495 e. The number of hydrogen-bond acceptors (Lipinski definition) is 4. The van der Waals surface area contributed by atoms with Crippen molar-refractivity contribution in [2.24, 2.45) is 0 Å². The Morgan fingerprint density at radius 2 is 2.06 bits per heavy atom. The van der Waals surface area contributed by atoms with Crippen LogP contribution in [-0.4, -0.2) is 37.9 Å². The molecular weight excluding hydrogens is 232 g/mol. The van der Waals surface area contributed by atoms with Crippen LogP contribution in [-0.2, 0) is 4.74 Å². The SMILES string of the molecule is COc1ccccc1NC(=O)OCN1CCCC1. The Morgan fingerprint density at radius 3 is 2.78 bits per heavy atom. The second-order valence-corrected chi connectivity index (χ2v) is 4.21. The smallest absolute Gasteiger partial charge is 0.413 e. The van der Waals surface area contributed by atoms with Crippen molar-refractivity contribution < 1.29 is 14.3 Å². The van der Waals surface area contributed by atoms with Crippen molar-refractivity contribution in [2.75, 3.05) is 32.2 Å². The molecule has 1 heterocycles. The minimum atomic E-state index is -0.452. The fourth-order valence-electron chi connectivity index (χ4n) is 1.96. The van der Waals surface area contributed by atoms with Gasteiger partial charge in [-0.05, 0) is 25.0 Å². The molecule has 0 aromatic heterocycles. The lowest BCUT2D eigenvalue weighted by Gasteiger charge is -2.15. The van der Waals surface area contributed by atoms with Crippen molar-refractivity contribution in [1.82, 2.24) is 4.90 Å². The quantitative estimate of drug-likeness (QED) is 0.890. The van der Waals surface area contributed by atoms with E-state index in [0.717, 1.165) is 13.1 Å². The summed E-state index contributed by atoms with van der Waals surface area (Å²) in [6.45, 7) is 2.35. The number of ether oxygens (including phenoxy) is 2. The highest BCUT2D eigenvalue weighted by molar-refractivity contribution is 5.86. The molecule has 0 bridgehead atoms. The Kier molecular flexibility index (Phi) is 4.41. The van der Waals surface area contributed by atoms with Crippen molar-refractivity contribution in [3.8, 4) is 5.75 Å². The summed E-state index contributed by atoms with van der Waals surface area (Å²) >= 11 is 0. The average molecular weight is 250 g/mol. The van der Waals surface area contributed by atoms with E-state index in [1.165, 1.54) is 12.8 Å². The van der Waals surface area contributed by atoms with Gasteiger partial charge in [-0.3, -0.25) is 10.2 Å². The first-order chi connectivity index (χ1) is 8.79. The van der Waals surface area contributed by atoms with Crippen molar-refractivity contribution >= 4 is 11.8 Å². The lowest BCUT2D eigenvalue weighted by atomic mass is 10.3. The molecule has 0 saturated carbocycles. The molecule has 1 saturated heterocycles. The van der Waals surface area contributed by atoms with E-state index in [0.29, 0.717) is 18.2 Å². The first kappa shape index (κ1) is 12.7. The zero-order chi connectivity index (χ0) is 12.8. The molecule has 1 N–H and O–H groups in total. The van der Waals surface area contributed by atoms with E-state index in [2.05, 4.69) is 10.2 Å². The molecule has 0 spiro atoms. The molecule has 2 rings (SSSR count). The second kappa shape index (κ2) is 6.26. The van der Waals surface area contributed by atoms with Gasteiger partial charge >= 0.3 is 6.09 Å². The van der Waals surface area contributed by atoms with Gasteiger partial charge < -0.3 is 9.47 Å². The van der Waals surface area contributed by atoms with Crippen molar-refractivity contribution in [3.05, 3.63) is 24.3 Å². The molecule has 0 aliphatic carbocycles. The van der Waals surface area contributed by atoms with Gasteiger partial charge in [0.05, 0.1) is 12.8 Å². The van der Waals surface area contributed by atoms with Gasteiger partial charge in [0, 0.05) is 13.1 Å². The molecule has 18 heavy (non-hydrogen) atoms. The van der Waals surface area contributed by atoms with Gasteiger partial charge in [0.1, 0.15) is 12.5 Å². The molecular formula is C13H18N2O3. The summed E-state index contributed by atoms with van der Waals surface area (Å²) in [7, 11) is 1.57. The minimum absolute atomic E-state index is 0.348. The summed E-state index contributed by atoms with van der Waals surface area (Å²) in [4.78, 5) is 13.7. The van der Waals surface area contributed by atoms with Gasteiger partial charge in [-0.15, -0.1) is 0 Å². The summed E-state index contributed by atoms with van der Waals surface area (Å²) < 4.78 is 10.3. The van der Waals surface area contributed by atoms with Crippen LogP contribution in [0.15, 0.2) is 24.3 Å². The summed E-state index contributed by atoms with van der Waals surface area (Å²) in [5.41, 5.74) is 0.617.